The van der Waals surface area contributed by atoms with E-state index in [-0.39, 0.29) is 18.1 Å². The largest absolute Gasteiger partial charge is 0.456 e. The van der Waals surface area contributed by atoms with Gasteiger partial charge < -0.3 is 15.8 Å². The van der Waals surface area contributed by atoms with Crippen LogP contribution in [0.3, 0.4) is 0 Å². The number of ketones is 1. The zero-order valence-corrected chi connectivity index (χ0v) is 10.8. The van der Waals surface area contributed by atoms with Gasteiger partial charge in [0, 0.05) is 19.8 Å². The molecule has 0 aromatic rings. The van der Waals surface area contributed by atoms with E-state index in [4.69, 9.17) is 5.73 Å². The maximum absolute atomic E-state index is 11.5. The van der Waals surface area contributed by atoms with Crippen molar-refractivity contribution in [1.82, 2.24) is 5.32 Å². The van der Waals surface area contributed by atoms with Gasteiger partial charge >= 0.3 is 5.97 Å². The number of primary amides is 1. The normalized spacial score (nSPS) is 20.5. The maximum Gasteiger partial charge on any atom is 0.303 e. The van der Waals surface area contributed by atoms with Crippen molar-refractivity contribution in [2.24, 2.45) is 11.7 Å². The molecule has 1 aliphatic rings. The Bertz CT molecular complexity index is 394. The highest BCUT2D eigenvalue weighted by Gasteiger charge is 2.32. The number of amides is 2. The second-order valence-electron chi connectivity index (χ2n) is 4.62. The van der Waals surface area contributed by atoms with Crippen molar-refractivity contribution in [3.05, 3.63) is 0 Å². The van der Waals surface area contributed by atoms with Crippen LogP contribution in [-0.2, 0) is 23.9 Å². The minimum absolute atomic E-state index is 0.0664. The van der Waals surface area contributed by atoms with Crippen LogP contribution in [0.1, 0.15) is 32.6 Å². The molecule has 19 heavy (non-hydrogen) atoms. The summed E-state index contributed by atoms with van der Waals surface area (Å²) in [5.41, 5.74) is 5.24. The Morgan fingerprint density at radius 1 is 1.47 bits per heavy atom. The van der Waals surface area contributed by atoms with E-state index >= 15 is 0 Å². The number of hydrogen-bond donors (Lipinski definition) is 2. The zero-order chi connectivity index (χ0) is 14.4. The number of nitrogens with two attached hydrogens (primary N) is 1. The summed E-state index contributed by atoms with van der Waals surface area (Å²) in [4.78, 5) is 44.8. The number of hydrogen-bond acceptors (Lipinski definition) is 5. The summed E-state index contributed by atoms with van der Waals surface area (Å²) < 4.78 is 4.52. The van der Waals surface area contributed by atoms with Crippen LogP contribution in [0.2, 0.25) is 0 Å². The van der Waals surface area contributed by atoms with Gasteiger partial charge in [-0.15, -0.1) is 0 Å². The van der Waals surface area contributed by atoms with Gasteiger partial charge in [0.25, 0.3) is 5.91 Å². The standard InChI is InChI=1S/C12H18N2O5/c1-7(15)19-6-10(17)14-11(12(13)18)8-3-2-4-9(16)5-8/h8,11H,2-6H2,1H3,(H2,13,18)(H,14,17)/t8-,11-/m0/s1. The van der Waals surface area contributed by atoms with Crippen LogP contribution in [-0.4, -0.2) is 36.2 Å². The lowest BCUT2D eigenvalue weighted by Gasteiger charge is -2.27. The summed E-state index contributed by atoms with van der Waals surface area (Å²) in [6.45, 7) is 0.721. The third-order valence-electron chi connectivity index (χ3n) is 3.02. The lowest BCUT2D eigenvalue weighted by Crippen LogP contribution is -2.51. The van der Waals surface area contributed by atoms with Crippen LogP contribution in [0.15, 0.2) is 0 Å². The molecule has 7 heteroatoms. The van der Waals surface area contributed by atoms with Crippen molar-refractivity contribution in [3.63, 3.8) is 0 Å². The van der Waals surface area contributed by atoms with Gasteiger partial charge in [-0.3, -0.25) is 19.2 Å². The van der Waals surface area contributed by atoms with Gasteiger partial charge in [-0.05, 0) is 18.8 Å². The number of esters is 1. The van der Waals surface area contributed by atoms with Gasteiger partial charge in [0.15, 0.2) is 6.61 Å². The fraction of sp³-hybridized carbons (Fsp3) is 0.667. The maximum atomic E-state index is 11.5. The topological polar surface area (TPSA) is 116 Å². The van der Waals surface area contributed by atoms with Crippen LogP contribution in [0.25, 0.3) is 0 Å². The predicted octanol–water partition coefficient (Wildman–Crippen LogP) is -0.721. The molecular formula is C12H18N2O5. The molecule has 0 aliphatic heterocycles. The smallest absolute Gasteiger partial charge is 0.303 e. The SMILES string of the molecule is CC(=O)OCC(=O)N[C@H](C(N)=O)[C@H]1CCCC(=O)C1. The monoisotopic (exact) mass is 270 g/mol. The Kier molecular flexibility index (Phi) is 5.47. The molecule has 106 valence electrons. The van der Waals surface area contributed by atoms with Crippen molar-refractivity contribution in [1.29, 1.82) is 0 Å². The summed E-state index contributed by atoms with van der Waals surface area (Å²) in [5.74, 6) is -2.08. The molecule has 1 aliphatic carbocycles. The fourth-order valence-electron chi connectivity index (χ4n) is 2.15. The molecule has 0 spiro atoms. The van der Waals surface area contributed by atoms with Crippen LogP contribution in [0, 0.1) is 5.92 Å². The van der Waals surface area contributed by atoms with Crippen molar-refractivity contribution >= 4 is 23.6 Å². The molecule has 0 unspecified atom stereocenters. The molecule has 0 aromatic carbocycles. The minimum Gasteiger partial charge on any atom is -0.456 e. The molecule has 2 amide bonds. The van der Waals surface area contributed by atoms with E-state index in [1.807, 2.05) is 0 Å². The lowest BCUT2D eigenvalue weighted by molar-refractivity contribution is -0.147. The van der Waals surface area contributed by atoms with Crippen LogP contribution >= 0.6 is 0 Å². The van der Waals surface area contributed by atoms with E-state index < -0.39 is 30.4 Å². The Morgan fingerprint density at radius 3 is 2.68 bits per heavy atom. The highest BCUT2D eigenvalue weighted by atomic mass is 16.5. The van der Waals surface area contributed by atoms with Gasteiger partial charge in [-0.2, -0.15) is 0 Å². The number of rotatable bonds is 5. The minimum atomic E-state index is -0.896. The number of carbonyl (C=O) groups is 4. The van der Waals surface area contributed by atoms with Gasteiger partial charge in [0.05, 0.1) is 0 Å². The Morgan fingerprint density at radius 2 is 2.16 bits per heavy atom. The van der Waals surface area contributed by atoms with E-state index in [0.29, 0.717) is 19.3 Å². The van der Waals surface area contributed by atoms with E-state index in [2.05, 4.69) is 10.1 Å². The Balaban J connectivity index is 2.57. The van der Waals surface area contributed by atoms with Crippen LogP contribution in [0.5, 0.6) is 0 Å². The summed E-state index contributed by atoms with van der Waals surface area (Å²) in [5, 5.41) is 2.42. The fourth-order valence-corrected chi connectivity index (χ4v) is 2.15. The highest BCUT2D eigenvalue weighted by molar-refractivity contribution is 5.89. The first-order valence-corrected chi connectivity index (χ1v) is 6.14. The first kappa shape index (κ1) is 15.1. The molecule has 0 radical (unpaired) electrons. The van der Waals surface area contributed by atoms with Gasteiger partial charge in [-0.1, -0.05) is 0 Å². The van der Waals surface area contributed by atoms with Crippen molar-refractivity contribution in [3.8, 4) is 0 Å². The molecule has 1 fully saturated rings. The van der Waals surface area contributed by atoms with Crippen LogP contribution in [0.4, 0.5) is 0 Å². The molecule has 0 bridgehead atoms. The van der Waals surface area contributed by atoms with E-state index in [1.165, 1.54) is 6.92 Å². The van der Waals surface area contributed by atoms with Crippen molar-refractivity contribution in [2.75, 3.05) is 6.61 Å². The molecule has 1 saturated carbocycles. The quantitative estimate of drug-likeness (QED) is 0.639. The molecule has 3 N–H and O–H groups in total. The third-order valence-corrected chi connectivity index (χ3v) is 3.02. The van der Waals surface area contributed by atoms with Crippen molar-refractivity contribution < 1.29 is 23.9 Å². The van der Waals surface area contributed by atoms with E-state index in [9.17, 15) is 19.2 Å². The Hall–Kier alpha value is -1.92. The molecule has 0 heterocycles. The number of carbonyl (C=O) groups excluding carboxylic acids is 4. The van der Waals surface area contributed by atoms with Gasteiger partial charge in [0.2, 0.25) is 5.91 Å². The second kappa shape index (κ2) is 6.86. The first-order valence-electron chi connectivity index (χ1n) is 6.14. The third kappa shape index (κ3) is 5.07. The first-order chi connectivity index (χ1) is 8.90. The van der Waals surface area contributed by atoms with E-state index in [1.54, 1.807) is 0 Å². The number of ether oxygens (including phenoxy) is 1. The second-order valence-corrected chi connectivity index (χ2v) is 4.62. The average Bonchev–Trinajstić information content (AvgIpc) is 2.33. The van der Waals surface area contributed by atoms with E-state index in [0.717, 1.165) is 0 Å². The Labute approximate surface area is 110 Å². The number of nitrogens with one attached hydrogen (secondary N) is 1. The summed E-state index contributed by atoms with van der Waals surface area (Å²) in [7, 11) is 0. The van der Waals surface area contributed by atoms with Crippen LogP contribution < -0.4 is 11.1 Å². The molecule has 1 rings (SSSR count). The molecule has 2 atom stereocenters. The van der Waals surface area contributed by atoms with Crippen molar-refractivity contribution in [2.45, 2.75) is 38.6 Å². The molecule has 0 aromatic heterocycles. The molecular weight excluding hydrogens is 252 g/mol. The van der Waals surface area contributed by atoms with Gasteiger partial charge in [-0.25, -0.2) is 0 Å². The summed E-state index contributed by atoms with van der Waals surface area (Å²) in [6.07, 6.45) is 2.09. The summed E-state index contributed by atoms with van der Waals surface area (Å²) >= 11 is 0. The summed E-state index contributed by atoms with van der Waals surface area (Å²) in [6, 6.07) is -0.896. The predicted molar refractivity (Wildman–Crippen MR) is 64.7 cm³/mol. The highest BCUT2D eigenvalue weighted by Crippen LogP contribution is 2.24. The molecule has 0 saturated heterocycles. The molecule has 7 nitrogen and oxygen atoms in total. The lowest BCUT2D eigenvalue weighted by atomic mass is 9.83. The average molecular weight is 270 g/mol. The number of Topliss-reactive ketones (excluding diaryl/α,β-unsaturated/α-hetero) is 1. The van der Waals surface area contributed by atoms with Gasteiger partial charge in [0.1, 0.15) is 11.8 Å². The zero-order valence-electron chi connectivity index (χ0n) is 10.8.